The molecule has 0 radical (unpaired) electrons. The van der Waals surface area contributed by atoms with Gasteiger partial charge in [-0.15, -0.1) is 0 Å². The molecule has 1 N–H and O–H groups in total. The molecule has 0 aliphatic heterocycles. The number of ether oxygens (including phenoxy) is 1. The normalized spacial score (nSPS) is 26.8. The summed E-state index contributed by atoms with van der Waals surface area (Å²) in [6.07, 6.45) is 1.98. The SMILES string of the molecule is OC1CCCCCC1CCCOCC(F)(F)F. The summed E-state index contributed by atoms with van der Waals surface area (Å²) in [5.41, 5.74) is 0. The van der Waals surface area contributed by atoms with Crippen LogP contribution in [0.25, 0.3) is 0 Å². The Hall–Kier alpha value is -0.290. The van der Waals surface area contributed by atoms with Crippen LogP contribution in [0.15, 0.2) is 0 Å². The van der Waals surface area contributed by atoms with Crippen molar-refractivity contribution in [3.63, 3.8) is 0 Å². The van der Waals surface area contributed by atoms with Crippen molar-refractivity contribution in [2.45, 2.75) is 57.2 Å². The van der Waals surface area contributed by atoms with Gasteiger partial charge in [-0.2, -0.15) is 13.2 Å². The van der Waals surface area contributed by atoms with Crippen molar-refractivity contribution in [3.8, 4) is 0 Å². The summed E-state index contributed by atoms with van der Waals surface area (Å²) in [6.45, 7) is -1.04. The topological polar surface area (TPSA) is 29.5 Å². The molecule has 1 fully saturated rings. The average molecular weight is 254 g/mol. The summed E-state index contributed by atoms with van der Waals surface area (Å²) in [5.74, 6) is 0.243. The van der Waals surface area contributed by atoms with E-state index in [1.54, 1.807) is 0 Å². The molecule has 0 saturated heterocycles. The van der Waals surface area contributed by atoms with Gasteiger partial charge >= 0.3 is 6.18 Å². The minimum atomic E-state index is -4.23. The van der Waals surface area contributed by atoms with Crippen LogP contribution in [-0.2, 0) is 4.74 Å². The molecule has 5 heteroatoms. The first-order valence-electron chi connectivity index (χ1n) is 6.31. The van der Waals surface area contributed by atoms with Crippen LogP contribution >= 0.6 is 0 Å². The molecule has 2 atom stereocenters. The van der Waals surface area contributed by atoms with Crippen molar-refractivity contribution < 1.29 is 23.0 Å². The van der Waals surface area contributed by atoms with E-state index in [9.17, 15) is 18.3 Å². The van der Waals surface area contributed by atoms with Gasteiger partial charge in [0.15, 0.2) is 0 Å². The molecule has 0 spiro atoms. The van der Waals surface area contributed by atoms with E-state index in [0.29, 0.717) is 6.42 Å². The first-order valence-corrected chi connectivity index (χ1v) is 6.31. The molecule has 1 aliphatic rings. The Kier molecular flexibility index (Phi) is 6.27. The van der Waals surface area contributed by atoms with Crippen molar-refractivity contribution in [2.24, 2.45) is 5.92 Å². The Morgan fingerprint density at radius 2 is 1.82 bits per heavy atom. The lowest BCUT2D eigenvalue weighted by Gasteiger charge is -2.20. The van der Waals surface area contributed by atoms with Crippen LogP contribution in [0.3, 0.4) is 0 Å². The van der Waals surface area contributed by atoms with Gasteiger partial charge in [-0.1, -0.05) is 19.3 Å². The molecule has 17 heavy (non-hydrogen) atoms. The fraction of sp³-hybridized carbons (Fsp3) is 1.00. The highest BCUT2D eigenvalue weighted by Gasteiger charge is 2.27. The zero-order chi connectivity index (χ0) is 12.7. The van der Waals surface area contributed by atoms with Gasteiger partial charge in [-0.3, -0.25) is 0 Å². The fourth-order valence-electron chi connectivity index (χ4n) is 2.34. The van der Waals surface area contributed by atoms with Crippen LogP contribution in [0.5, 0.6) is 0 Å². The van der Waals surface area contributed by atoms with E-state index in [2.05, 4.69) is 4.74 Å². The zero-order valence-corrected chi connectivity index (χ0v) is 10.0. The van der Waals surface area contributed by atoms with Crippen LogP contribution in [0, 0.1) is 5.92 Å². The van der Waals surface area contributed by atoms with Gasteiger partial charge in [0.1, 0.15) is 6.61 Å². The molecule has 0 bridgehead atoms. The highest BCUT2D eigenvalue weighted by atomic mass is 19.4. The summed E-state index contributed by atoms with van der Waals surface area (Å²) >= 11 is 0. The standard InChI is InChI=1S/C12H21F3O2/c13-12(14,15)9-17-8-4-6-10-5-2-1-3-7-11(10)16/h10-11,16H,1-9H2. The number of alkyl halides is 3. The summed E-state index contributed by atoms with van der Waals surface area (Å²) in [4.78, 5) is 0. The van der Waals surface area contributed by atoms with Gasteiger partial charge in [0.05, 0.1) is 6.10 Å². The van der Waals surface area contributed by atoms with Gasteiger partial charge in [0, 0.05) is 6.61 Å². The van der Waals surface area contributed by atoms with Crippen molar-refractivity contribution in [2.75, 3.05) is 13.2 Å². The Labute approximate surface area is 100 Å². The van der Waals surface area contributed by atoms with E-state index in [1.807, 2.05) is 0 Å². The number of hydrogen-bond donors (Lipinski definition) is 1. The van der Waals surface area contributed by atoms with Crippen molar-refractivity contribution in [1.82, 2.24) is 0 Å². The lowest BCUT2D eigenvalue weighted by Crippen LogP contribution is -2.20. The molecule has 1 rings (SSSR count). The minimum absolute atomic E-state index is 0.128. The number of aliphatic hydroxyl groups excluding tert-OH is 1. The smallest absolute Gasteiger partial charge is 0.393 e. The monoisotopic (exact) mass is 254 g/mol. The average Bonchev–Trinajstić information content (AvgIpc) is 2.42. The molecule has 0 heterocycles. The van der Waals surface area contributed by atoms with E-state index in [4.69, 9.17) is 0 Å². The molecule has 0 aromatic carbocycles. The third kappa shape index (κ3) is 6.88. The van der Waals surface area contributed by atoms with Gasteiger partial charge in [0.2, 0.25) is 0 Å². The Balaban J connectivity index is 2.08. The molecule has 0 amide bonds. The third-order valence-corrected chi connectivity index (χ3v) is 3.25. The molecule has 2 unspecified atom stereocenters. The molecular weight excluding hydrogens is 233 g/mol. The maximum absolute atomic E-state index is 11.8. The van der Waals surface area contributed by atoms with E-state index in [-0.39, 0.29) is 18.6 Å². The predicted octanol–water partition coefficient (Wildman–Crippen LogP) is 3.29. The van der Waals surface area contributed by atoms with Crippen LogP contribution in [0.2, 0.25) is 0 Å². The molecule has 1 saturated carbocycles. The maximum Gasteiger partial charge on any atom is 0.411 e. The number of halogens is 3. The fourth-order valence-corrected chi connectivity index (χ4v) is 2.34. The van der Waals surface area contributed by atoms with Crippen LogP contribution in [0.4, 0.5) is 13.2 Å². The lowest BCUT2D eigenvalue weighted by atomic mass is 9.92. The summed E-state index contributed by atoms with van der Waals surface area (Å²) < 4.78 is 39.9. The minimum Gasteiger partial charge on any atom is -0.393 e. The van der Waals surface area contributed by atoms with E-state index < -0.39 is 12.8 Å². The highest BCUT2D eigenvalue weighted by Crippen LogP contribution is 2.27. The van der Waals surface area contributed by atoms with Gasteiger partial charge in [0.25, 0.3) is 0 Å². The molecule has 2 nitrogen and oxygen atoms in total. The Morgan fingerprint density at radius 1 is 1.12 bits per heavy atom. The van der Waals surface area contributed by atoms with E-state index >= 15 is 0 Å². The first-order chi connectivity index (χ1) is 7.99. The Morgan fingerprint density at radius 3 is 2.53 bits per heavy atom. The van der Waals surface area contributed by atoms with Gasteiger partial charge in [-0.05, 0) is 31.6 Å². The third-order valence-electron chi connectivity index (χ3n) is 3.25. The van der Waals surface area contributed by atoms with Gasteiger partial charge < -0.3 is 9.84 Å². The molecular formula is C12H21F3O2. The van der Waals surface area contributed by atoms with Crippen molar-refractivity contribution in [1.29, 1.82) is 0 Å². The van der Waals surface area contributed by atoms with Crippen molar-refractivity contribution in [3.05, 3.63) is 0 Å². The molecule has 102 valence electrons. The first kappa shape index (κ1) is 14.8. The second-order valence-corrected chi connectivity index (χ2v) is 4.78. The van der Waals surface area contributed by atoms with Crippen LogP contribution in [0.1, 0.15) is 44.9 Å². The number of rotatable bonds is 5. The van der Waals surface area contributed by atoms with E-state index in [0.717, 1.165) is 38.5 Å². The zero-order valence-electron chi connectivity index (χ0n) is 10.0. The summed E-state index contributed by atoms with van der Waals surface area (Å²) in [6, 6.07) is 0. The Bertz CT molecular complexity index is 206. The molecule has 1 aliphatic carbocycles. The second-order valence-electron chi connectivity index (χ2n) is 4.78. The highest BCUT2D eigenvalue weighted by molar-refractivity contribution is 4.72. The predicted molar refractivity (Wildman–Crippen MR) is 58.7 cm³/mol. The molecule has 0 aromatic heterocycles. The van der Waals surface area contributed by atoms with E-state index in [1.165, 1.54) is 0 Å². The number of hydrogen-bond acceptors (Lipinski definition) is 2. The van der Waals surface area contributed by atoms with Crippen LogP contribution in [-0.4, -0.2) is 30.6 Å². The lowest BCUT2D eigenvalue weighted by molar-refractivity contribution is -0.174. The summed E-state index contributed by atoms with van der Waals surface area (Å²) in [5, 5.41) is 9.81. The second kappa shape index (κ2) is 7.21. The van der Waals surface area contributed by atoms with Crippen LogP contribution < -0.4 is 0 Å². The van der Waals surface area contributed by atoms with Gasteiger partial charge in [-0.25, -0.2) is 0 Å². The van der Waals surface area contributed by atoms with Crippen molar-refractivity contribution >= 4 is 0 Å². The maximum atomic E-state index is 11.8. The summed E-state index contributed by atoms with van der Waals surface area (Å²) in [7, 11) is 0. The largest absolute Gasteiger partial charge is 0.411 e. The number of aliphatic hydroxyl groups is 1. The molecule has 0 aromatic rings. The quantitative estimate of drug-likeness (QED) is 0.602.